The summed E-state index contributed by atoms with van der Waals surface area (Å²) in [7, 11) is 0. The van der Waals surface area contributed by atoms with Gasteiger partial charge in [-0.25, -0.2) is 16.5 Å². The molecule has 0 radical (unpaired) electrons. The molecule has 1 spiro atoms. The van der Waals surface area contributed by atoms with Crippen molar-refractivity contribution in [3.63, 3.8) is 0 Å². The van der Waals surface area contributed by atoms with E-state index in [9.17, 15) is 4.79 Å². The van der Waals surface area contributed by atoms with Gasteiger partial charge in [-0.1, -0.05) is 6.92 Å². The number of fused-ring (bicyclic) bond motifs is 1. The number of carbonyl (C=O) groups excluding carboxylic acids is 1. The van der Waals surface area contributed by atoms with Crippen LogP contribution in [-0.2, 0) is 4.79 Å². The van der Waals surface area contributed by atoms with Crippen molar-refractivity contribution in [3.05, 3.63) is 30.0 Å². The van der Waals surface area contributed by atoms with Crippen molar-refractivity contribution in [2.45, 2.75) is 38.8 Å². The first-order valence-electron chi connectivity index (χ1n) is 9.18. The summed E-state index contributed by atoms with van der Waals surface area (Å²) in [6.45, 7) is 15.8. The van der Waals surface area contributed by atoms with Crippen LogP contribution in [-0.4, -0.2) is 57.1 Å². The second kappa shape index (κ2) is 5.97. The average Bonchev–Trinajstić information content (AvgIpc) is 3.25. The van der Waals surface area contributed by atoms with E-state index in [2.05, 4.69) is 57.3 Å². The highest BCUT2D eigenvalue weighted by atomic mass is 16.2. The van der Waals surface area contributed by atoms with Crippen LogP contribution in [0.4, 0.5) is 5.82 Å². The Labute approximate surface area is 153 Å². The molecule has 2 aliphatic rings. The summed E-state index contributed by atoms with van der Waals surface area (Å²) in [5.41, 5.74) is 0.799. The summed E-state index contributed by atoms with van der Waals surface area (Å²) < 4.78 is 2.16. The average molecular weight is 352 g/mol. The van der Waals surface area contributed by atoms with Crippen LogP contribution in [0.25, 0.3) is 15.9 Å². The van der Waals surface area contributed by atoms with Crippen molar-refractivity contribution in [2.75, 3.05) is 31.1 Å². The Bertz CT molecular complexity index is 897. The van der Waals surface area contributed by atoms with Crippen molar-refractivity contribution in [1.29, 1.82) is 0 Å². The number of nitrogens with zero attached hydrogens (tertiary/aromatic N) is 6. The van der Waals surface area contributed by atoms with Gasteiger partial charge in [-0.3, -0.25) is 4.79 Å². The van der Waals surface area contributed by atoms with Gasteiger partial charge in [-0.05, 0) is 32.3 Å². The van der Waals surface area contributed by atoms with E-state index in [0.29, 0.717) is 12.0 Å². The predicted molar refractivity (Wildman–Crippen MR) is 99.8 cm³/mol. The van der Waals surface area contributed by atoms with Gasteiger partial charge in [0.05, 0.1) is 10.9 Å². The first kappa shape index (κ1) is 16.8. The summed E-state index contributed by atoms with van der Waals surface area (Å²) in [5, 5.41) is 1.06. The minimum atomic E-state index is -0.153. The molecule has 2 saturated heterocycles. The first-order valence-corrected chi connectivity index (χ1v) is 9.18. The molecule has 0 saturated carbocycles. The van der Waals surface area contributed by atoms with Crippen LogP contribution in [0.5, 0.6) is 0 Å². The lowest BCUT2D eigenvalue weighted by Gasteiger charge is -2.55. The smallest absolute Gasteiger partial charge is 0.303 e. The van der Waals surface area contributed by atoms with E-state index in [1.807, 2.05) is 4.90 Å². The molecule has 0 aliphatic carbocycles. The number of anilines is 1. The number of rotatable bonds is 3. The second-order valence-corrected chi connectivity index (χ2v) is 7.75. The van der Waals surface area contributed by atoms with Crippen molar-refractivity contribution < 1.29 is 4.79 Å². The van der Waals surface area contributed by atoms with Gasteiger partial charge in [0.15, 0.2) is 0 Å². The van der Waals surface area contributed by atoms with Gasteiger partial charge in [0, 0.05) is 31.9 Å². The third-order valence-corrected chi connectivity index (χ3v) is 6.05. The van der Waals surface area contributed by atoms with E-state index in [1.54, 1.807) is 6.33 Å². The van der Waals surface area contributed by atoms with E-state index in [4.69, 9.17) is 6.57 Å². The summed E-state index contributed by atoms with van der Waals surface area (Å²) >= 11 is 0. The Kier molecular flexibility index (Phi) is 3.87. The van der Waals surface area contributed by atoms with Crippen LogP contribution in [0.1, 0.15) is 33.2 Å². The maximum absolute atomic E-state index is 12.3. The van der Waals surface area contributed by atoms with Crippen molar-refractivity contribution in [1.82, 2.24) is 19.4 Å². The van der Waals surface area contributed by atoms with Crippen LogP contribution < -0.4 is 4.90 Å². The zero-order valence-corrected chi connectivity index (χ0v) is 15.5. The topological polar surface area (TPSA) is 58.6 Å². The molecule has 2 atom stereocenters. The Morgan fingerprint density at radius 1 is 1.46 bits per heavy atom. The zero-order chi connectivity index (χ0) is 18.5. The molecule has 4 rings (SSSR count). The third kappa shape index (κ3) is 2.28. The molecule has 4 heterocycles. The van der Waals surface area contributed by atoms with Gasteiger partial charge in [0.1, 0.15) is 17.8 Å². The summed E-state index contributed by atoms with van der Waals surface area (Å²) in [4.78, 5) is 28.9. The maximum Gasteiger partial charge on any atom is 0.303 e. The van der Waals surface area contributed by atoms with Gasteiger partial charge in [-0.15, -0.1) is 0 Å². The molecule has 0 N–H and O–H groups in total. The highest BCUT2D eigenvalue weighted by Gasteiger charge is 2.57. The normalized spacial score (nSPS) is 25.1. The Morgan fingerprint density at radius 3 is 2.96 bits per heavy atom. The molecule has 7 heteroatoms. The summed E-state index contributed by atoms with van der Waals surface area (Å²) in [6, 6.07) is 2.43. The molecule has 0 unspecified atom stereocenters. The molecular weight excluding hydrogens is 328 g/mol. The number of amides is 1. The summed E-state index contributed by atoms with van der Waals surface area (Å²) in [6.07, 6.45) is 4.62. The van der Waals surface area contributed by atoms with Gasteiger partial charge < -0.3 is 19.2 Å². The number of hydrogen-bond acceptors (Lipinski definition) is 4. The minimum absolute atomic E-state index is 0.0428. The van der Waals surface area contributed by atoms with Crippen LogP contribution in [0, 0.1) is 12.5 Å². The zero-order valence-electron chi connectivity index (χ0n) is 15.5. The van der Waals surface area contributed by atoms with Crippen LogP contribution in [0.2, 0.25) is 0 Å². The highest BCUT2D eigenvalue weighted by molar-refractivity contribution is 5.88. The quantitative estimate of drug-likeness (QED) is 0.796. The molecule has 136 valence electrons. The minimum Gasteiger partial charge on any atom is -0.353 e. The monoisotopic (exact) mass is 352 g/mol. The van der Waals surface area contributed by atoms with Crippen LogP contribution >= 0.6 is 0 Å². The molecule has 26 heavy (non-hydrogen) atoms. The standard InChI is InChI=1S/C19H24N6O/c1-13(2)24-7-5-15-17(21-12-22-18(15)24)23-8-6-19(11-23)14(3)10-25(19)16(26)9-20-4/h5,7,12-14H,6,8-11H2,1-3H3/t14-,19-/m0/s1. The first-order chi connectivity index (χ1) is 12.5. The van der Waals surface area contributed by atoms with Crippen LogP contribution in [0.15, 0.2) is 18.6 Å². The molecule has 2 aliphatic heterocycles. The van der Waals surface area contributed by atoms with Crippen molar-refractivity contribution >= 4 is 22.8 Å². The highest BCUT2D eigenvalue weighted by Crippen LogP contribution is 2.45. The lowest BCUT2D eigenvalue weighted by molar-refractivity contribution is -0.151. The van der Waals surface area contributed by atoms with Crippen LogP contribution in [0.3, 0.4) is 0 Å². The van der Waals surface area contributed by atoms with E-state index in [1.165, 1.54) is 0 Å². The second-order valence-electron chi connectivity index (χ2n) is 7.75. The van der Waals surface area contributed by atoms with Crippen molar-refractivity contribution in [3.8, 4) is 0 Å². The Balaban J connectivity index is 1.64. The molecule has 2 aromatic heterocycles. The molecule has 7 nitrogen and oxygen atoms in total. The molecule has 0 bridgehead atoms. The fourth-order valence-corrected chi connectivity index (χ4v) is 4.53. The number of aromatic nitrogens is 3. The molecular formula is C19H24N6O. The van der Waals surface area contributed by atoms with E-state index in [-0.39, 0.29) is 18.0 Å². The fourth-order valence-electron chi connectivity index (χ4n) is 4.53. The number of carbonyl (C=O) groups is 1. The lowest BCUT2D eigenvalue weighted by Crippen LogP contribution is -2.69. The maximum atomic E-state index is 12.3. The van der Waals surface area contributed by atoms with Gasteiger partial charge in [0.25, 0.3) is 6.54 Å². The molecule has 0 aromatic carbocycles. The van der Waals surface area contributed by atoms with Gasteiger partial charge in [-0.2, -0.15) is 0 Å². The predicted octanol–water partition coefficient (Wildman–Crippen LogP) is 2.36. The van der Waals surface area contributed by atoms with E-state index >= 15 is 0 Å². The Hall–Kier alpha value is -2.62. The third-order valence-electron chi connectivity index (χ3n) is 6.05. The lowest BCUT2D eigenvalue weighted by atomic mass is 9.74. The van der Waals surface area contributed by atoms with E-state index < -0.39 is 0 Å². The fraction of sp³-hybridized carbons (Fsp3) is 0.579. The summed E-state index contributed by atoms with van der Waals surface area (Å²) in [5.74, 6) is 1.35. The Morgan fingerprint density at radius 2 is 2.27 bits per heavy atom. The van der Waals surface area contributed by atoms with E-state index in [0.717, 1.165) is 42.9 Å². The molecule has 2 aromatic rings. The van der Waals surface area contributed by atoms with Crippen molar-refractivity contribution in [2.24, 2.45) is 5.92 Å². The molecule has 1 amide bonds. The molecule has 2 fully saturated rings. The van der Waals surface area contributed by atoms with Gasteiger partial charge >= 0.3 is 5.91 Å². The SMILES string of the molecule is [C-]#[N+]CC(=O)N1C[C@H](C)[C@@]12CCN(c1ncnc3c1ccn3C(C)C)C2. The number of likely N-dealkylation sites (tertiary alicyclic amines) is 1. The number of hydrogen-bond donors (Lipinski definition) is 0. The van der Waals surface area contributed by atoms with Gasteiger partial charge in [0.2, 0.25) is 0 Å². The largest absolute Gasteiger partial charge is 0.353 e.